The molecule has 0 saturated carbocycles. The number of rotatable bonds is 5. The summed E-state index contributed by atoms with van der Waals surface area (Å²) >= 11 is 5.94. The molecule has 0 saturated heterocycles. The number of nitrogens with zero attached hydrogens (tertiary/aromatic N) is 3. The number of aromatic nitrogens is 3. The van der Waals surface area contributed by atoms with Crippen molar-refractivity contribution in [2.45, 2.75) is 19.9 Å². The highest BCUT2D eigenvalue weighted by atomic mass is 35.5. The summed E-state index contributed by atoms with van der Waals surface area (Å²) in [5.41, 5.74) is 0.877. The van der Waals surface area contributed by atoms with Crippen LogP contribution in [0.4, 0.5) is 0 Å². The van der Waals surface area contributed by atoms with Crippen LogP contribution in [0.1, 0.15) is 13.3 Å². The van der Waals surface area contributed by atoms with Crippen molar-refractivity contribution in [2.24, 2.45) is 0 Å². The van der Waals surface area contributed by atoms with Crippen LogP contribution >= 0.6 is 11.6 Å². The molecule has 0 aliphatic heterocycles. The van der Waals surface area contributed by atoms with Crippen LogP contribution < -0.4 is 4.74 Å². The largest absolute Gasteiger partial charge is 0.477 e. The number of halogens is 1. The molecule has 92 valence electrons. The first kappa shape index (κ1) is 12.1. The molecule has 0 radical (unpaired) electrons. The molecule has 0 aliphatic carbocycles. The van der Waals surface area contributed by atoms with Gasteiger partial charge in [0.1, 0.15) is 5.15 Å². The zero-order valence-electron chi connectivity index (χ0n) is 9.56. The molecular weight excluding hydrogens is 242 g/mol. The minimum atomic E-state index is 0.137. The van der Waals surface area contributed by atoms with Crippen molar-refractivity contribution in [3.05, 3.63) is 17.4 Å². The number of aryl methyl sites for hydroxylation is 1. The van der Waals surface area contributed by atoms with E-state index in [1.54, 1.807) is 16.9 Å². The van der Waals surface area contributed by atoms with Crippen LogP contribution in [0, 0.1) is 0 Å². The third-order valence-corrected chi connectivity index (χ3v) is 2.58. The van der Waals surface area contributed by atoms with E-state index in [1.165, 1.54) is 0 Å². The molecule has 0 amide bonds. The van der Waals surface area contributed by atoms with Crippen LogP contribution in [0.5, 0.6) is 5.88 Å². The average molecular weight is 256 g/mol. The van der Waals surface area contributed by atoms with Gasteiger partial charge in [0.2, 0.25) is 5.88 Å². The highest BCUT2D eigenvalue weighted by molar-refractivity contribution is 6.30. The first-order valence-electron chi connectivity index (χ1n) is 5.52. The Hall–Kier alpha value is -1.33. The number of hydrogen-bond acceptors (Lipinski definition) is 4. The van der Waals surface area contributed by atoms with Crippen molar-refractivity contribution in [1.29, 1.82) is 0 Å². The monoisotopic (exact) mass is 255 g/mol. The Labute approximate surface area is 104 Å². The molecule has 0 unspecified atom stereocenters. The number of fused-ring (bicyclic) bond motifs is 1. The van der Waals surface area contributed by atoms with E-state index in [-0.39, 0.29) is 6.61 Å². The average Bonchev–Trinajstić information content (AvgIpc) is 2.70. The van der Waals surface area contributed by atoms with Crippen molar-refractivity contribution >= 4 is 22.5 Å². The van der Waals surface area contributed by atoms with Gasteiger partial charge in [0.15, 0.2) is 0 Å². The first-order valence-corrected chi connectivity index (χ1v) is 5.89. The van der Waals surface area contributed by atoms with Gasteiger partial charge in [0, 0.05) is 19.2 Å². The summed E-state index contributed by atoms with van der Waals surface area (Å²) in [6, 6.07) is 1.75. The van der Waals surface area contributed by atoms with Crippen molar-refractivity contribution in [2.75, 3.05) is 13.2 Å². The van der Waals surface area contributed by atoms with Gasteiger partial charge >= 0.3 is 0 Å². The molecule has 0 spiro atoms. The second-order valence-corrected chi connectivity index (χ2v) is 3.95. The number of aliphatic hydroxyl groups is 1. The molecular formula is C11H14ClN3O2. The lowest BCUT2D eigenvalue weighted by molar-refractivity contribution is 0.278. The fourth-order valence-corrected chi connectivity index (χ4v) is 1.84. The van der Waals surface area contributed by atoms with Crippen LogP contribution in [0.2, 0.25) is 5.15 Å². The highest BCUT2D eigenvalue weighted by Crippen LogP contribution is 2.26. The van der Waals surface area contributed by atoms with E-state index in [0.29, 0.717) is 30.6 Å². The lowest BCUT2D eigenvalue weighted by atomic mass is 10.3. The summed E-state index contributed by atoms with van der Waals surface area (Å²) in [6.07, 6.45) is 2.36. The van der Waals surface area contributed by atoms with Gasteiger partial charge in [0.25, 0.3) is 0 Å². The minimum absolute atomic E-state index is 0.137. The summed E-state index contributed by atoms with van der Waals surface area (Å²) in [5.74, 6) is 0.505. The molecule has 0 fully saturated rings. The maximum atomic E-state index is 8.83. The topological polar surface area (TPSA) is 60.2 Å². The van der Waals surface area contributed by atoms with Gasteiger partial charge in [-0.1, -0.05) is 11.6 Å². The van der Waals surface area contributed by atoms with Crippen molar-refractivity contribution in [3.63, 3.8) is 0 Å². The number of hydrogen-bond donors (Lipinski definition) is 1. The summed E-state index contributed by atoms with van der Waals surface area (Å²) in [4.78, 5) is 4.13. The molecule has 2 aromatic heterocycles. The molecule has 6 heteroatoms. The fraction of sp³-hybridized carbons (Fsp3) is 0.455. The second-order valence-electron chi connectivity index (χ2n) is 3.56. The van der Waals surface area contributed by atoms with Crippen molar-refractivity contribution in [1.82, 2.24) is 14.8 Å². The molecule has 2 heterocycles. The summed E-state index contributed by atoms with van der Waals surface area (Å²) in [7, 11) is 0. The van der Waals surface area contributed by atoms with Crippen LogP contribution in [0.25, 0.3) is 10.9 Å². The Morgan fingerprint density at radius 2 is 2.35 bits per heavy atom. The van der Waals surface area contributed by atoms with E-state index in [4.69, 9.17) is 21.4 Å². The molecule has 2 aromatic rings. The zero-order chi connectivity index (χ0) is 12.3. The molecule has 0 aromatic carbocycles. The second kappa shape index (κ2) is 5.33. The minimum Gasteiger partial charge on any atom is -0.477 e. The van der Waals surface area contributed by atoms with Gasteiger partial charge < -0.3 is 9.84 Å². The lowest BCUT2D eigenvalue weighted by Crippen LogP contribution is -2.02. The van der Waals surface area contributed by atoms with Gasteiger partial charge in [-0.2, -0.15) is 5.10 Å². The van der Waals surface area contributed by atoms with E-state index >= 15 is 0 Å². The number of pyridine rings is 1. The van der Waals surface area contributed by atoms with Crippen LogP contribution in [0.3, 0.4) is 0 Å². The normalized spacial score (nSPS) is 11.0. The Bertz CT molecular complexity index is 513. The molecule has 2 rings (SSSR count). The van der Waals surface area contributed by atoms with E-state index in [9.17, 15) is 0 Å². The Morgan fingerprint density at radius 3 is 3.06 bits per heavy atom. The molecule has 0 aliphatic rings. The van der Waals surface area contributed by atoms with E-state index < -0.39 is 0 Å². The highest BCUT2D eigenvalue weighted by Gasteiger charge is 2.11. The number of aliphatic hydroxyl groups excluding tert-OH is 1. The zero-order valence-corrected chi connectivity index (χ0v) is 10.3. The quantitative estimate of drug-likeness (QED) is 0.829. The smallest absolute Gasteiger partial charge is 0.226 e. The Morgan fingerprint density at radius 1 is 1.53 bits per heavy atom. The lowest BCUT2D eigenvalue weighted by Gasteiger charge is -2.05. The summed E-state index contributed by atoms with van der Waals surface area (Å²) < 4.78 is 7.21. The SMILES string of the molecule is CCOc1nc(Cl)cc2c1cnn2CCCO. The van der Waals surface area contributed by atoms with Gasteiger partial charge in [-0.3, -0.25) is 4.68 Å². The van der Waals surface area contributed by atoms with E-state index in [0.717, 1.165) is 10.9 Å². The van der Waals surface area contributed by atoms with Gasteiger partial charge in [-0.15, -0.1) is 0 Å². The third kappa shape index (κ3) is 2.50. The van der Waals surface area contributed by atoms with Crippen LogP contribution in [-0.4, -0.2) is 33.1 Å². The third-order valence-electron chi connectivity index (χ3n) is 2.38. The summed E-state index contributed by atoms with van der Waals surface area (Å²) in [6.45, 7) is 3.21. The van der Waals surface area contributed by atoms with E-state index in [1.807, 2.05) is 6.92 Å². The standard InChI is InChI=1S/C11H14ClN3O2/c1-2-17-11-8-7-13-15(4-3-5-16)9(8)6-10(12)14-11/h6-7,16H,2-5H2,1H3. The van der Waals surface area contributed by atoms with Crippen molar-refractivity contribution in [3.8, 4) is 5.88 Å². The summed E-state index contributed by atoms with van der Waals surface area (Å²) in [5, 5.41) is 14.3. The van der Waals surface area contributed by atoms with Crippen LogP contribution in [0.15, 0.2) is 12.3 Å². The molecule has 5 nitrogen and oxygen atoms in total. The van der Waals surface area contributed by atoms with Gasteiger partial charge in [0.05, 0.1) is 23.7 Å². The van der Waals surface area contributed by atoms with E-state index in [2.05, 4.69) is 10.1 Å². The molecule has 1 N–H and O–H groups in total. The molecule has 17 heavy (non-hydrogen) atoms. The predicted octanol–water partition coefficient (Wildman–Crippen LogP) is 1.87. The van der Waals surface area contributed by atoms with Gasteiger partial charge in [-0.25, -0.2) is 4.98 Å². The Balaban J connectivity index is 2.45. The maximum Gasteiger partial charge on any atom is 0.226 e. The fourth-order valence-electron chi connectivity index (χ4n) is 1.66. The Kier molecular flexibility index (Phi) is 3.81. The number of ether oxygens (including phenoxy) is 1. The van der Waals surface area contributed by atoms with Gasteiger partial charge in [-0.05, 0) is 13.3 Å². The van der Waals surface area contributed by atoms with Crippen LogP contribution in [-0.2, 0) is 6.54 Å². The van der Waals surface area contributed by atoms with Crippen molar-refractivity contribution < 1.29 is 9.84 Å². The molecule has 0 atom stereocenters. The maximum absolute atomic E-state index is 8.83. The predicted molar refractivity (Wildman–Crippen MR) is 65.4 cm³/mol. The first-order chi connectivity index (χ1) is 8.26. The molecule has 0 bridgehead atoms.